The van der Waals surface area contributed by atoms with Crippen molar-refractivity contribution in [3.63, 3.8) is 0 Å². The maximum atomic E-state index is 9.87. The summed E-state index contributed by atoms with van der Waals surface area (Å²) in [4.78, 5) is 0. The highest BCUT2D eigenvalue weighted by Gasteiger charge is 2.06. The van der Waals surface area contributed by atoms with Crippen molar-refractivity contribution in [2.24, 2.45) is 0 Å². The van der Waals surface area contributed by atoms with E-state index in [4.69, 9.17) is 4.74 Å². The summed E-state index contributed by atoms with van der Waals surface area (Å²) in [7, 11) is 0. The average molecular weight is 288 g/mol. The third kappa shape index (κ3) is 5.14. The standard InChI is InChI=1S/C16H18O2.C2H6.CH4/c1-11-4-8-15(9-5-11)18-10-14-7-6-12(2)16(17)13(14)3;1-2;/h4-9,17H,10H2,1-3H3;1-2H3;1H4. The molecule has 2 aromatic carbocycles. The first-order valence-corrected chi connectivity index (χ1v) is 7.05. The fourth-order valence-corrected chi connectivity index (χ4v) is 1.83. The molecular weight excluding hydrogens is 260 g/mol. The van der Waals surface area contributed by atoms with E-state index in [1.165, 1.54) is 5.56 Å². The highest BCUT2D eigenvalue weighted by atomic mass is 16.5. The monoisotopic (exact) mass is 288 g/mol. The minimum atomic E-state index is 0. The van der Waals surface area contributed by atoms with E-state index in [0.29, 0.717) is 12.4 Å². The Kier molecular flexibility index (Phi) is 8.22. The zero-order chi connectivity index (χ0) is 15.1. The van der Waals surface area contributed by atoms with Crippen molar-refractivity contribution in [3.05, 3.63) is 58.7 Å². The van der Waals surface area contributed by atoms with Gasteiger partial charge in [0.05, 0.1) is 0 Å². The molecule has 0 radical (unpaired) electrons. The van der Waals surface area contributed by atoms with Gasteiger partial charge < -0.3 is 9.84 Å². The molecule has 0 aliphatic heterocycles. The van der Waals surface area contributed by atoms with Crippen molar-refractivity contribution in [1.29, 1.82) is 0 Å². The number of hydrogen-bond acceptors (Lipinski definition) is 2. The molecule has 0 aliphatic rings. The topological polar surface area (TPSA) is 29.5 Å². The molecule has 0 spiro atoms. The van der Waals surface area contributed by atoms with Gasteiger partial charge in [-0.3, -0.25) is 0 Å². The van der Waals surface area contributed by atoms with Gasteiger partial charge in [0.1, 0.15) is 18.1 Å². The van der Waals surface area contributed by atoms with E-state index in [1.807, 2.05) is 71.0 Å². The second-order valence-corrected chi connectivity index (χ2v) is 4.62. The normalized spacial score (nSPS) is 9.19. The largest absolute Gasteiger partial charge is 0.507 e. The van der Waals surface area contributed by atoms with Crippen LogP contribution in [0.25, 0.3) is 0 Å². The lowest BCUT2D eigenvalue weighted by atomic mass is 10.0. The Morgan fingerprint density at radius 3 is 2.05 bits per heavy atom. The highest BCUT2D eigenvalue weighted by molar-refractivity contribution is 5.44. The van der Waals surface area contributed by atoms with Crippen molar-refractivity contribution in [2.45, 2.75) is 48.7 Å². The van der Waals surface area contributed by atoms with Crippen LogP contribution >= 0.6 is 0 Å². The van der Waals surface area contributed by atoms with Crippen LogP contribution in [0.5, 0.6) is 11.5 Å². The van der Waals surface area contributed by atoms with E-state index in [2.05, 4.69) is 0 Å². The van der Waals surface area contributed by atoms with Crippen molar-refractivity contribution >= 4 is 0 Å². The Morgan fingerprint density at radius 2 is 1.48 bits per heavy atom. The first-order chi connectivity index (χ1) is 9.58. The zero-order valence-corrected chi connectivity index (χ0v) is 13.0. The molecule has 2 heteroatoms. The summed E-state index contributed by atoms with van der Waals surface area (Å²) in [5, 5.41) is 9.87. The second-order valence-electron chi connectivity index (χ2n) is 4.62. The Morgan fingerprint density at radius 1 is 0.905 bits per heavy atom. The number of benzene rings is 2. The lowest BCUT2D eigenvalue weighted by molar-refractivity contribution is 0.304. The molecule has 0 saturated carbocycles. The van der Waals surface area contributed by atoms with Crippen LogP contribution in [0.15, 0.2) is 36.4 Å². The molecular formula is C19H28O2. The Bertz CT molecular complexity index is 542. The van der Waals surface area contributed by atoms with E-state index in [-0.39, 0.29) is 7.43 Å². The van der Waals surface area contributed by atoms with Crippen molar-refractivity contribution < 1.29 is 9.84 Å². The van der Waals surface area contributed by atoms with E-state index < -0.39 is 0 Å². The predicted octanol–water partition coefficient (Wildman–Crippen LogP) is 5.56. The number of ether oxygens (including phenoxy) is 1. The summed E-state index contributed by atoms with van der Waals surface area (Å²) >= 11 is 0. The molecule has 2 nitrogen and oxygen atoms in total. The van der Waals surface area contributed by atoms with Gasteiger partial charge in [0.15, 0.2) is 0 Å². The molecule has 21 heavy (non-hydrogen) atoms. The Labute approximate surface area is 129 Å². The zero-order valence-electron chi connectivity index (χ0n) is 13.0. The van der Waals surface area contributed by atoms with Crippen LogP contribution in [0.1, 0.15) is 43.5 Å². The van der Waals surface area contributed by atoms with Crippen LogP contribution in [0.4, 0.5) is 0 Å². The maximum absolute atomic E-state index is 9.87. The molecule has 0 aromatic heterocycles. The van der Waals surface area contributed by atoms with E-state index in [9.17, 15) is 5.11 Å². The van der Waals surface area contributed by atoms with Gasteiger partial charge in [-0.05, 0) is 49.6 Å². The van der Waals surface area contributed by atoms with Gasteiger partial charge in [-0.15, -0.1) is 0 Å². The van der Waals surface area contributed by atoms with Crippen molar-refractivity contribution in [1.82, 2.24) is 0 Å². The molecule has 116 valence electrons. The highest BCUT2D eigenvalue weighted by Crippen LogP contribution is 2.25. The molecule has 2 rings (SSSR count). The van der Waals surface area contributed by atoms with Crippen LogP contribution in [-0.4, -0.2) is 5.11 Å². The molecule has 0 aliphatic carbocycles. The smallest absolute Gasteiger partial charge is 0.121 e. The van der Waals surface area contributed by atoms with Gasteiger partial charge >= 0.3 is 0 Å². The van der Waals surface area contributed by atoms with E-state index in [1.54, 1.807) is 0 Å². The first kappa shape index (κ1) is 19.0. The van der Waals surface area contributed by atoms with Gasteiger partial charge in [-0.2, -0.15) is 0 Å². The maximum Gasteiger partial charge on any atom is 0.121 e. The SMILES string of the molecule is C.CC.Cc1ccc(OCc2ccc(C)c(O)c2C)cc1. The quantitative estimate of drug-likeness (QED) is 0.801. The summed E-state index contributed by atoms with van der Waals surface area (Å²) in [5.41, 5.74) is 4.01. The molecule has 0 unspecified atom stereocenters. The first-order valence-electron chi connectivity index (χ1n) is 7.05. The van der Waals surface area contributed by atoms with Gasteiger partial charge in [-0.25, -0.2) is 0 Å². The molecule has 0 amide bonds. The van der Waals surface area contributed by atoms with Gasteiger partial charge in [0, 0.05) is 0 Å². The summed E-state index contributed by atoms with van der Waals surface area (Å²) in [6.07, 6.45) is 0. The summed E-state index contributed by atoms with van der Waals surface area (Å²) < 4.78 is 5.71. The van der Waals surface area contributed by atoms with Gasteiger partial charge in [0.25, 0.3) is 0 Å². The lowest BCUT2D eigenvalue weighted by Crippen LogP contribution is -1.98. The van der Waals surface area contributed by atoms with Crippen LogP contribution < -0.4 is 4.74 Å². The molecule has 0 atom stereocenters. The fourth-order valence-electron chi connectivity index (χ4n) is 1.83. The number of aromatic hydroxyl groups is 1. The molecule has 2 aromatic rings. The molecule has 0 fully saturated rings. The van der Waals surface area contributed by atoms with Crippen molar-refractivity contribution in [2.75, 3.05) is 0 Å². The fraction of sp³-hybridized carbons (Fsp3) is 0.368. The average Bonchev–Trinajstić information content (AvgIpc) is 2.48. The van der Waals surface area contributed by atoms with Crippen molar-refractivity contribution in [3.8, 4) is 11.5 Å². The summed E-state index contributed by atoms with van der Waals surface area (Å²) in [6, 6.07) is 11.9. The van der Waals surface area contributed by atoms with Crippen LogP contribution in [0.2, 0.25) is 0 Å². The van der Waals surface area contributed by atoms with Gasteiger partial charge in [0.2, 0.25) is 0 Å². The number of hydrogen-bond donors (Lipinski definition) is 1. The molecule has 0 bridgehead atoms. The Balaban J connectivity index is 0.00000128. The summed E-state index contributed by atoms with van der Waals surface area (Å²) in [6.45, 7) is 10.3. The third-order valence-electron chi connectivity index (χ3n) is 3.16. The third-order valence-corrected chi connectivity index (χ3v) is 3.16. The molecule has 1 N–H and O–H groups in total. The number of phenols is 1. The van der Waals surface area contributed by atoms with E-state index >= 15 is 0 Å². The number of aryl methyl sites for hydroxylation is 2. The van der Waals surface area contributed by atoms with E-state index in [0.717, 1.165) is 22.4 Å². The van der Waals surface area contributed by atoms with Crippen LogP contribution in [0.3, 0.4) is 0 Å². The van der Waals surface area contributed by atoms with Crippen LogP contribution in [0, 0.1) is 20.8 Å². The minimum absolute atomic E-state index is 0. The predicted molar refractivity (Wildman–Crippen MR) is 91.2 cm³/mol. The van der Waals surface area contributed by atoms with Crippen LogP contribution in [-0.2, 0) is 6.61 Å². The minimum Gasteiger partial charge on any atom is -0.507 e. The number of phenolic OH excluding ortho intramolecular Hbond substituents is 1. The Hall–Kier alpha value is -1.96. The lowest BCUT2D eigenvalue weighted by Gasteiger charge is -2.11. The summed E-state index contributed by atoms with van der Waals surface area (Å²) in [5.74, 6) is 1.21. The second kappa shape index (κ2) is 9.06. The molecule has 0 heterocycles. The van der Waals surface area contributed by atoms with Gasteiger partial charge in [-0.1, -0.05) is 51.1 Å². The number of rotatable bonds is 3. The molecule has 0 saturated heterocycles.